The SMILES string of the molecule is O=C(c1ccco1)N1CCN([C@H](c2ccccc2)c2nnnn2Cc2ccc3c(c2)OCO3)CC1. The maximum Gasteiger partial charge on any atom is 0.289 e. The van der Waals surface area contributed by atoms with Gasteiger partial charge >= 0.3 is 0 Å². The van der Waals surface area contributed by atoms with Gasteiger partial charge in [-0.3, -0.25) is 9.69 Å². The molecule has 1 atom stereocenters. The molecule has 1 amide bonds. The highest BCUT2D eigenvalue weighted by Gasteiger charge is 2.32. The molecule has 178 valence electrons. The summed E-state index contributed by atoms with van der Waals surface area (Å²) in [5.74, 6) is 2.51. The summed E-state index contributed by atoms with van der Waals surface area (Å²) in [6.45, 7) is 3.28. The molecule has 0 bridgehead atoms. The third kappa shape index (κ3) is 4.24. The molecule has 2 aromatic heterocycles. The monoisotopic (exact) mass is 472 g/mol. The van der Waals surface area contributed by atoms with E-state index >= 15 is 0 Å². The quantitative estimate of drug-likeness (QED) is 0.422. The summed E-state index contributed by atoms with van der Waals surface area (Å²) < 4.78 is 18.1. The molecule has 0 radical (unpaired) electrons. The van der Waals surface area contributed by atoms with Crippen molar-refractivity contribution in [3.05, 3.63) is 89.6 Å². The van der Waals surface area contributed by atoms with E-state index in [1.54, 1.807) is 12.1 Å². The third-order valence-corrected chi connectivity index (χ3v) is 6.39. The molecule has 0 aliphatic carbocycles. The predicted molar refractivity (Wildman–Crippen MR) is 124 cm³/mol. The molecule has 1 fully saturated rings. The van der Waals surface area contributed by atoms with Gasteiger partial charge in [0.1, 0.15) is 0 Å². The van der Waals surface area contributed by atoms with Crippen LogP contribution in [-0.2, 0) is 6.54 Å². The molecule has 1 saturated heterocycles. The normalized spacial score (nSPS) is 16.4. The minimum absolute atomic E-state index is 0.0847. The number of ether oxygens (including phenoxy) is 2. The molecule has 0 unspecified atom stereocenters. The van der Waals surface area contributed by atoms with Crippen LogP contribution in [-0.4, -0.2) is 68.9 Å². The van der Waals surface area contributed by atoms with Gasteiger partial charge in [0.05, 0.1) is 18.8 Å². The molecule has 2 aliphatic heterocycles. The molecule has 10 heteroatoms. The van der Waals surface area contributed by atoms with Crippen LogP contribution >= 0.6 is 0 Å². The van der Waals surface area contributed by atoms with E-state index in [9.17, 15) is 4.79 Å². The number of carbonyl (C=O) groups is 1. The van der Waals surface area contributed by atoms with Crippen LogP contribution in [0.25, 0.3) is 0 Å². The Hall–Kier alpha value is -4.18. The minimum atomic E-state index is -0.152. The van der Waals surface area contributed by atoms with Gasteiger partial charge in [-0.2, -0.15) is 0 Å². The number of benzene rings is 2. The van der Waals surface area contributed by atoms with Crippen molar-refractivity contribution < 1.29 is 18.7 Å². The fraction of sp³-hybridized carbons (Fsp3) is 0.280. The topological polar surface area (TPSA) is 98.8 Å². The summed E-state index contributed by atoms with van der Waals surface area (Å²) in [6, 6.07) is 19.4. The van der Waals surface area contributed by atoms with E-state index in [1.165, 1.54) is 6.26 Å². The number of rotatable bonds is 6. The van der Waals surface area contributed by atoms with Crippen LogP contribution in [0.3, 0.4) is 0 Å². The maximum absolute atomic E-state index is 12.7. The van der Waals surface area contributed by atoms with Crippen molar-refractivity contribution in [2.75, 3.05) is 33.0 Å². The molecular weight excluding hydrogens is 448 g/mol. The van der Waals surface area contributed by atoms with Gasteiger partial charge in [-0.1, -0.05) is 36.4 Å². The highest BCUT2D eigenvalue weighted by molar-refractivity contribution is 5.91. The lowest BCUT2D eigenvalue weighted by molar-refractivity contribution is 0.0559. The van der Waals surface area contributed by atoms with Crippen LogP contribution < -0.4 is 9.47 Å². The van der Waals surface area contributed by atoms with Gasteiger partial charge in [0.2, 0.25) is 6.79 Å². The van der Waals surface area contributed by atoms with Crippen LogP contribution in [0.1, 0.15) is 33.5 Å². The first-order valence-corrected chi connectivity index (χ1v) is 11.5. The van der Waals surface area contributed by atoms with Crippen molar-refractivity contribution in [3.8, 4) is 11.5 Å². The molecule has 0 spiro atoms. The summed E-state index contributed by atoms with van der Waals surface area (Å²) in [7, 11) is 0. The lowest BCUT2D eigenvalue weighted by Gasteiger charge is -2.38. The van der Waals surface area contributed by atoms with Crippen molar-refractivity contribution in [2.24, 2.45) is 0 Å². The molecule has 2 aliphatic rings. The van der Waals surface area contributed by atoms with Crippen LogP contribution in [0.4, 0.5) is 0 Å². The van der Waals surface area contributed by atoms with Gasteiger partial charge in [0, 0.05) is 26.2 Å². The van der Waals surface area contributed by atoms with E-state index in [4.69, 9.17) is 13.9 Å². The van der Waals surface area contributed by atoms with Crippen molar-refractivity contribution in [2.45, 2.75) is 12.6 Å². The van der Waals surface area contributed by atoms with Gasteiger partial charge in [0.15, 0.2) is 23.1 Å². The average Bonchev–Trinajstić information content (AvgIpc) is 3.68. The Labute approximate surface area is 201 Å². The van der Waals surface area contributed by atoms with Crippen molar-refractivity contribution in [1.29, 1.82) is 0 Å². The van der Waals surface area contributed by atoms with Crippen LogP contribution in [0.15, 0.2) is 71.3 Å². The number of hydrogen-bond acceptors (Lipinski definition) is 8. The Morgan fingerprint density at radius 3 is 2.57 bits per heavy atom. The second-order valence-corrected chi connectivity index (χ2v) is 8.50. The zero-order valence-corrected chi connectivity index (χ0v) is 19.0. The standard InChI is InChI=1S/C25H24N6O4/c32-25(21-7-4-14-33-21)30-12-10-29(11-13-30)23(19-5-2-1-3-6-19)24-26-27-28-31(24)16-18-8-9-20-22(15-18)35-17-34-20/h1-9,14-15,23H,10-13,16-17H2/t23-/m1/s1. The number of aromatic nitrogens is 4. The van der Waals surface area contributed by atoms with Crippen LogP contribution in [0, 0.1) is 0 Å². The molecular formula is C25H24N6O4. The Morgan fingerprint density at radius 2 is 1.77 bits per heavy atom. The first kappa shape index (κ1) is 21.4. The predicted octanol–water partition coefficient (Wildman–Crippen LogP) is 2.59. The van der Waals surface area contributed by atoms with Gasteiger partial charge in [-0.25, -0.2) is 4.68 Å². The number of fused-ring (bicyclic) bond motifs is 1. The first-order chi connectivity index (χ1) is 17.3. The second-order valence-electron chi connectivity index (χ2n) is 8.50. The van der Waals surface area contributed by atoms with E-state index in [2.05, 4.69) is 32.6 Å². The third-order valence-electron chi connectivity index (χ3n) is 6.39. The Balaban J connectivity index is 1.25. The largest absolute Gasteiger partial charge is 0.459 e. The van der Waals surface area contributed by atoms with Gasteiger partial charge in [-0.05, 0) is 45.8 Å². The molecule has 35 heavy (non-hydrogen) atoms. The lowest BCUT2D eigenvalue weighted by atomic mass is 10.0. The molecule has 4 heterocycles. The van der Waals surface area contributed by atoms with Gasteiger partial charge < -0.3 is 18.8 Å². The number of amides is 1. The summed E-state index contributed by atoms with van der Waals surface area (Å²) in [6.07, 6.45) is 1.52. The Bertz CT molecular complexity index is 1300. The number of tetrazole rings is 1. The highest BCUT2D eigenvalue weighted by Crippen LogP contribution is 2.33. The number of piperazine rings is 1. The van der Waals surface area contributed by atoms with Crippen molar-refractivity contribution in [1.82, 2.24) is 30.0 Å². The van der Waals surface area contributed by atoms with Gasteiger partial charge in [0.25, 0.3) is 5.91 Å². The van der Waals surface area contributed by atoms with Crippen molar-refractivity contribution >= 4 is 5.91 Å². The van der Waals surface area contributed by atoms with Gasteiger partial charge in [-0.15, -0.1) is 5.10 Å². The molecule has 0 N–H and O–H groups in total. The van der Waals surface area contributed by atoms with Crippen LogP contribution in [0.5, 0.6) is 11.5 Å². The average molecular weight is 473 g/mol. The van der Waals surface area contributed by atoms with E-state index < -0.39 is 0 Å². The summed E-state index contributed by atoms with van der Waals surface area (Å²) in [4.78, 5) is 16.9. The Kier molecular flexibility index (Phi) is 5.63. The number of nitrogens with zero attached hydrogens (tertiary/aromatic N) is 6. The Morgan fingerprint density at radius 1 is 0.943 bits per heavy atom. The molecule has 6 rings (SSSR count). The fourth-order valence-corrected chi connectivity index (χ4v) is 4.63. The van der Waals surface area contributed by atoms with Crippen molar-refractivity contribution in [3.63, 3.8) is 0 Å². The maximum atomic E-state index is 12.7. The zero-order valence-electron chi connectivity index (χ0n) is 19.0. The summed E-state index contributed by atoms with van der Waals surface area (Å²) in [5, 5.41) is 12.8. The summed E-state index contributed by atoms with van der Waals surface area (Å²) >= 11 is 0. The zero-order chi connectivity index (χ0) is 23.6. The molecule has 10 nitrogen and oxygen atoms in total. The number of hydrogen-bond donors (Lipinski definition) is 0. The molecule has 4 aromatic rings. The number of carbonyl (C=O) groups excluding carboxylic acids is 1. The number of furan rings is 1. The second kappa shape index (κ2) is 9.22. The summed E-state index contributed by atoms with van der Waals surface area (Å²) in [5.41, 5.74) is 2.11. The van der Waals surface area contributed by atoms with E-state index in [0.717, 1.165) is 28.5 Å². The van der Waals surface area contributed by atoms with E-state index in [1.807, 2.05) is 46.0 Å². The van der Waals surface area contributed by atoms with E-state index in [0.29, 0.717) is 38.5 Å². The van der Waals surface area contributed by atoms with Crippen LogP contribution in [0.2, 0.25) is 0 Å². The van der Waals surface area contributed by atoms with E-state index in [-0.39, 0.29) is 18.7 Å². The fourth-order valence-electron chi connectivity index (χ4n) is 4.63. The molecule has 2 aromatic carbocycles. The highest BCUT2D eigenvalue weighted by atomic mass is 16.7. The lowest BCUT2D eigenvalue weighted by Crippen LogP contribution is -2.50. The minimum Gasteiger partial charge on any atom is -0.459 e. The first-order valence-electron chi connectivity index (χ1n) is 11.5. The smallest absolute Gasteiger partial charge is 0.289 e. The molecule has 0 saturated carbocycles.